The molecule has 5 nitrogen and oxygen atoms in total. The molecule has 1 aromatic rings. The fraction of sp³-hybridized carbons (Fsp3) is 0.500. The Bertz CT molecular complexity index is 440. The van der Waals surface area contributed by atoms with Gasteiger partial charge in [0.25, 0.3) is 5.91 Å². The molecular weight excluding hydrogens is 244 g/mol. The monoisotopic (exact) mass is 264 g/mol. The summed E-state index contributed by atoms with van der Waals surface area (Å²) in [7, 11) is 1.87. The number of β-amino-alcohol motifs (C(OH)–C–C–N with tert-alkyl or cyclic N) is 2. The number of amides is 1. The first-order valence-corrected chi connectivity index (χ1v) is 6.51. The minimum atomic E-state index is -0.839. The molecule has 1 heterocycles. The van der Waals surface area contributed by atoms with Gasteiger partial charge >= 0.3 is 0 Å². The van der Waals surface area contributed by atoms with Gasteiger partial charge in [-0.3, -0.25) is 4.79 Å². The normalized spacial score (nSPS) is 22.8. The number of carbonyl (C=O) groups excluding carboxylic acids is 1. The van der Waals surface area contributed by atoms with E-state index in [2.05, 4.69) is 5.32 Å². The van der Waals surface area contributed by atoms with Crippen molar-refractivity contribution < 1.29 is 15.0 Å². The maximum Gasteiger partial charge on any atom is 0.254 e. The van der Waals surface area contributed by atoms with Gasteiger partial charge in [-0.05, 0) is 31.6 Å². The molecule has 1 aromatic carbocycles. The molecule has 0 saturated carbocycles. The van der Waals surface area contributed by atoms with Crippen LogP contribution in [0.5, 0.6) is 0 Å². The molecule has 1 aliphatic heterocycles. The molecule has 104 valence electrons. The minimum Gasteiger partial charge on any atom is -0.388 e. The van der Waals surface area contributed by atoms with E-state index in [-0.39, 0.29) is 19.0 Å². The van der Waals surface area contributed by atoms with E-state index < -0.39 is 12.2 Å². The number of hydrogen-bond donors (Lipinski definition) is 3. The maximum atomic E-state index is 12.4. The van der Waals surface area contributed by atoms with E-state index in [4.69, 9.17) is 0 Å². The summed E-state index contributed by atoms with van der Waals surface area (Å²) in [6, 6.07) is 7.48. The Hall–Kier alpha value is -1.43. The molecule has 19 heavy (non-hydrogen) atoms. The molecule has 5 heteroatoms. The van der Waals surface area contributed by atoms with Crippen LogP contribution in [-0.2, 0) is 6.42 Å². The summed E-state index contributed by atoms with van der Waals surface area (Å²) >= 11 is 0. The van der Waals surface area contributed by atoms with Crippen molar-refractivity contribution in [3.63, 3.8) is 0 Å². The molecule has 0 aromatic heterocycles. The number of rotatable bonds is 4. The Morgan fingerprint density at radius 2 is 1.95 bits per heavy atom. The second-order valence-electron chi connectivity index (χ2n) is 4.86. The van der Waals surface area contributed by atoms with Crippen LogP contribution in [0.1, 0.15) is 15.9 Å². The largest absolute Gasteiger partial charge is 0.388 e. The highest BCUT2D eigenvalue weighted by atomic mass is 16.3. The summed E-state index contributed by atoms with van der Waals surface area (Å²) in [5, 5.41) is 22.1. The van der Waals surface area contributed by atoms with Crippen LogP contribution in [0.25, 0.3) is 0 Å². The van der Waals surface area contributed by atoms with E-state index in [0.717, 1.165) is 18.5 Å². The average Bonchev–Trinajstić information content (AvgIpc) is 2.76. The third-order valence-corrected chi connectivity index (χ3v) is 3.44. The molecule has 1 amide bonds. The highest BCUT2D eigenvalue weighted by Crippen LogP contribution is 2.17. The van der Waals surface area contributed by atoms with E-state index in [1.165, 1.54) is 4.90 Å². The van der Waals surface area contributed by atoms with Crippen molar-refractivity contribution in [3.05, 3.63) is 35.4 Å². The zero-order chi connectivity index (χ0) is 13.8. The van der Waals surface area contributed by atoms with Crippen molar-refractivity contribution in [2.24, 2.45) is 0 Å². The number of carbonyl (C=O) groups is 1. The summed E-state index contributed by atoms with van der Waals surface area (Å²) in [4.78, 5) is 13.9. The van der Waals surface area contributed by atoms with Crippen molar-refractivity contribution in [2.75, 3.05) is 26.7 Å². The highest BCUT2D eigenvalue weighted by Gasteiger charge is 2.33. The molecule has 0 aliphatic carbocycles. The molecule has 2 rings (SSSR count). The van der Waals surface area contributed by atoms with Crippen LogP contribution in [0.2, 0.25) is 0 Å². The number of benzene rings is 1. The predicted molar refractivity (Wildman–Crippen MR) is 72.0 cm³/mol. The Morgan fingerprint density at radius 1 is 1.32 bits per heavy atom. The first kappa shape index (κ1) is 14.0. The van der Waals surface area contributed by atoms with E-state index >= 15 is 0 Å². The molecule has 0 radical (unpaired) electrons. The Labute approximate surface area is 112 Å². The van der Waals surface area contributed by atoms with Gasteiger partial charge in [0.15, 0.2) is 0 Å². The van der Waals surface area contributed by atoms with E-state index in [0.29, 0.717) is 5.56 Å². The predicted octanol–water partition coefficient (Wildman–Crippen LogP) is -0.374. The lowest BCUT2D eigenvalue weighted by molar-refractivity contribution is 0.0572. The topological polar surface area (TPSA) is 72.8 Å². The van der Waals surface area contributed by atoms with Crippen LogP contribution in [0.15, 0.2) is 24.3 Å². The van der Waals surface area contributed by atoms with Gasteiger partial charge in [-0.15, -0.1) is 0 Å². The van der Waals surface area contributed by atoms with Crippen LogP contribution < -0.4 is 5.32 Å². The number of aliphatic hydroxyl groups excluding tert-OH is 2. The number of nitrogens with zero attached hydrogens (tertiary/aromatic N) is 1. The molecular formula is C14H20N2O3. The minimum absolute atomic E-state index is 0.123. The zero-order valence-electron chi connectivity index (χ0n) is 11.0. The van der Waals surface area contributed by atoms with E-state index in [1.807, 2.05) is 25.2 Å². The van der Waals surface area contributed by atoms with Gasteiger partial charge in [-0.2, -0.15) is 0 Å². The Morgan fingerprint density at radius 3 is 2.58 bits per heavy atom. The summed E-state index contributed by atoms with van der Waals surface area (Å²) in [6.07, 6.45) is -0.904. The van der Waals surface area contributed by atoms with Gasteiger partial charge < -0.3 is 20.4 Å². The number of likely N-dealkylation sites (tertiary alicyclic amines) is 1. The van der Waals surface area contributed by atoms with Crippen molar-refractivity contribution in [3.8, 4) is 0 Å². The summed E-state index contributed by atoms with van der Waals surface area (Å²) in [5.41, 5.74) is 1.64. The molecule has 1 aliphatic rings. The molecule has 0 spiro atoms. The molecule has 2 atom stereocenters. The second kappa shape index (κ2) is 6.14. The van der Waals surface area contributed by atoms with Gasteiger partial charge in [-0.1, -0.05) is 18.2 Å². The van der Waals surface area contributed by atoms with Crippen LogP contribution in [0.4, 0.5) is 0 Å². The van der Waals surface area contributed by atoms with Gasteiger partial charge in [0.05, 0.1) is 12.2 Å². The van der Waals surface area contributed by atoms with Crippen LogP contribution in [0.3, 0.4) is 0 Å². The van der Waals surface area contributed by atoms with E-state index in [9.17, 15) is 15.0 Å². The average molecular weight is 264 g/mol. The lowest BCUT2D eigenvalue weighted by atomic mass is 10.0. The third-order valence-electron chi connectivity index (χ3n) is 3.44. The van der Waals surface area contributed by atoms with E-state index in [1.54, 1.807) is 6.07 Å². The summed E-state index contributed by atoms with van der Waals surface area (Å²) in [6.45, 7) is 1.19. The number of hydrogen-bond acceptors (Lipinski definition) is 4. The molecule has 3 N–H and O–H groups in total. The number of likely N-dealkylation sites (N-methyl/N-ethyl adjacent to an activating group) is 1. The highest BCUT2D eigenvalue weighted by molar-refractivity contribution is 5.96. The number of nitrogens with one attached hydrogen (secondary N) is 1. The Kier molecular flexibility index (Phi) is 4.52. The smallest absolute Gasteiger partial charge is 0.254 e. The fourth-order valence-corrected chi connectivity index (χ4v) is 2.31. The first-order chi connectivity index (χ1) is 9.13. The van der Waals surface area contributed by atoms with Gasteiger partial charge in [0.1, 0.15) is 0 Å². The molecule has 1 saturated heterocycles. The third kappa shape index (κ3) is 3.12. The lowest BCUT2D eigenvalue weighted by Gasteiger charge is -2.17. The van der Waals surface area contributed by atoms with Crippen LogP contribution in [0, 0.1) is 0 Å². The molecule has 1 fully saturated rings. The van der Waals surface area contributed by atoms with Gasteiger partial charge in [0.2, 0.25) is 0 Å². The zero-order valence-corrected chi connectivity index (χ0v) is 11.0. The SMILES string of the molecule is CNCCc1ccccc1C(=O)N1CC(O)C(O)C1. The lowest BCUT2D eigenvalue weighted by Crippen LogP contribution is -2.30. The summed E-state index contributed by atoms with van der Waals surface area (Å²) < 4.78 is 0. The summed E-state index contributed by atoms with van der Waals surface area (Å²) in [5.74, 6) is -0.123. The fourth-order valence-electron chi connectivity index (χ4n) is 2.31. The molecule has 0 bridgehead atoms. The molecule has 2 unspecified atom stereocenters. The van der Waals surface area contributed by atoms with Crippen LogP contribution in [-0.4, -0.2) is 59.9 Å². The number of aliphatic hydroxyl groups is 2. The van der Waals surface area contributed by atoms with Crippen molar-refractivity contribution in [1.29, 1.82) is 0 Å². The van der Waals surface area contributed by atoms with Gasteiger partial charge in [0, 0.05) is 18.7 Å². The maximum absolute atomic E-state index is 12.4. The first-order valence-electron chi connectivity index (χ1n) is 6.51. The van der Waals surface area contributed by atoms with Crippen molar-refractivity contribution >= 4 is 5.91 Å². The van der Waals surface area contributed by atoms with Gasteiger partial charge in [-0.25, -0.2) is 0 Å². The van der Waals surface area contributed by atoms with Crippen LogP contribution >= 0.6 is 0 Å². The standard InChI is InChI=1S/C14H20N2O3/c1-15-7-6-10-4-2-3-5-11(10)14(19)16-8-12(17)13(18)9-16/h2-5,12-13,15,17-18H,6-9H2,1H3. The Balaban J connectivity index is 2.15. The second-order valence-corrected chi connectivity index (χ2v) is 4.86. The quantitative estimate of drug-likeness (QED) is 0.693. The van der Waals surface area contributed by atoms with Crippen molar-refractivity contribution in [1.82, 2.24) is 10.2 Å². The van der Waals surface area contributed by atoms with Crippen molar-refractivity contribution in [2.45, 2.75) is 18.6 Å².